The molecule has 0 bridgehead atoms. The summed E-state index contributed by atoms with van der Waals surface area (Å²) < 4.78 is 37.2. The highest BCUT2D eigenvalue weighted by atomic mass is 19.4. The van der Waals surface area contributed by atoms with Crippen molar-refractivity contribution in [2.75, 3.05) is 6.54 Å². The number of rotatable bonds is 3. The van der Waals surface area contributed by atoms with Crippen molar-refractivity contribution in [3.63, 3.8) is 0 Å². The molecule has 2 aromatic rings. The zero-order chi connectivity index (χ0) is 13.9. The van der Waals surface area contributed by atoms with Crippen LogP contribution in [0.4, 0.5) is 13.2 Å². The van der Waals surface area contributed by atoms with Gasteiger partial charge in [0.05, 0.1) is 5.69 Å². The van der Waals surface area contributed by atoms with E-state index in [1.807, 2.05) is 0 Å². The summed E-state index contributed by atoms with van der Waals surface area (Å²) in [5.41, 5.74) is 0.721. The van der Waals surface area contributed by atoms with Gasteiger partial charge in [0.15, 0.2) is 0 Å². The van der Waals surface area contributed by atoms with Crippen molar-refractivity contribution in [3.05, 3.63) is 36.2 Å². The summed E-state index contributed by atoms with van der Waals surface area (Å²) >= 11 is 0. The van der Waals surface area contributed by atoms with E-state index in [-0.39, 0.29) is 5.56 Å². The molecular formula is C10H8F3N5O. The van der Waals surface area contributed by atoms with E-state index in [4.69, 9.17) is 0 Å². The second-order valence-electron chi connectivity index (χ2n) is 3.60. The van der Waals surface area contributed by atoms with Gasteiger partial charge in [0.2, 0.25) is 0 Å². The van der Waals surface area contributed by atoms with E-state index in [2.05, 4.69) is 15.5 Å². The minimum Gasteiger partial charge on any atom is -0.343 e. The SMILES string of the molecule is O=C(NCC(F)(F)F)c1ccc(-n2cnnn2)cc1. The number of carbonyl (C=O) groups is 1. The molecule has 1 aromatic carbocycles. The molecule has 0 atom stereocenters. The smallest absolute Gasteiger partial charge is 0.343 e. The van der Waals surface area contributed by atoms with Gasteiger partial charge < -0.3 is 5.32 Å². The van der Waals surface area contributed by atoms with Crippen molar-refractivity contribution in [1.29, 1.82) is 0 Å². The quantitative estimate of drug-likeness (QED) is 0.902. The van der Waals surface area contributed by atoms with Gasteiger partial charge >= 0.3 is 6.18 Å². The summed E-state index contributed by atoms with van der Waals surface area (Å²) in [6.45, 7) is -1.36. The number of nitrogens with zero attached hydrogens (tertiary/aromatic N) is 4. The van der Waals surface area contributed by atoms with Crippen LogP contribution in [0, 0.1) is 0 Å². The maximum absolute atomic E-state index is 11.9. The van der Waals surface area contributed by atoms with Gasteiger partial charge in [0, 0.05) is 5.56 Å². The summed E-state index contributed by atoms with van der Waals surface area (Å²) in [7, 11) is 0. The molecule has 2 rings (SSSR count). The molecule has 0 unspecified atom stereocenters. The van der Waals surface area contributed by atoms with Crippen molar-refractivity contribution < 1.29 is 18.0 Å². The minimum atomic E-state index is -4.43. The van der Waals surface area contributed by atoms with Crippen LogP contribution in [-0.2, 0) is 0 Å². The van der Waals surface area contributed by atoms with Gasteiger partial charge in [0.25, 0.3) is 5.91 Å². The monoisotopic (exact) mass is 271 g/mol. The lowest BCUT2D eigenvalue weighted by Crippen LogP contribution is -2.33. The van der Waals surface area contributed by atoms with Gasteiger partial charge in [-0.3, -0.25) is 4.79 Å². The number of aromatic nitrogens is 4. The van der Waals surface area contributed by atoms with E-state index in [0.29, 0.717) is 5.69 Å². The minimum absolute atomic E-state index is 0.126. The predicted molar refractivity (Wildman–Crippen MR) is 57.5 cm³/mol. The summed E-state index contributed by atoms with van der Waals surface area (Å²) in [6.07, 6.45) is -3.07. The van der Waals surface area contributed by atoms with Gasteiger partial charge in [-0.15, -0.1) is 5.10 Å². The summed E-state index contributed by atoms with van der Waals surface area (Å²) in [4.78, 5) is 11.4. The Labute approximate surface area is 105 Å². The molecule has 0 aliphatic heterocycles. The molecule has 1 amide bonds. The molecule has 0 aliphatic carbocycles. The molecule has 9 heteroatoms. The average molecular weight is 271 g/mol. The van der Waals surface area contributed by atoms with E-state index in [1.165, 1.54) is 35.3 Å². The Kier molecular flexibility index (Phi) is 3.45. The second-order valence-corrected chi connectivity index (χ2v) is 3.60. The maximum Gasteiger partial charge on any atom is 0.405 e. The summed E-state index contributed by atoms with van der Waals surface area (Å²) in [6, 6.07) is 5.84. The molecule has 1 aromatic heterocycles. The van der Waals surface area contributed by atoms with Gasteiger partial charge in [-0.1, -0.05) is 0 Å². The van der Waals surface area contributed by atoms with Gasteiger partial charge in [-0.2, -0.15) is 13.2 Å². The van der Waals surface area contributed by atoms with Crippen molar-refractivity contribution in [2.24, 2.45) is 0 Å². The van der Waals surface area contributed by atoms with Crippen LogP contribution in [0.15, 0.2) is 30.6 Å². The molecule has 6 nitrogen and oxygen atoms in total. The van der Waals surface area contributed by atoms with Crippen LogP contribution >= 0.6 is 0 Å². The molecule has 1 heterocycles. The third-order valence-corrected chi connectivity index (χ3v) is 2.19. The lowest BCUT2D eigenvalue weighted by atomic mass is 10.2. The van der Waals surface area contributed by atoms with E-state index in [9.17, 15) is 18.0 Å². The van der Waals surface area contributed by atoms with Crippen LogP contribution in [0.25, 0.3) is 5.69 Å². The number of halogens is 3. The first-order valence-electron chi connectivity index (χ1n) is 5.14. The van der Waals surface area contributed by atoms with Gasteiger partial charge in [0.1, 0.15) is 12.9 Å². The summed E-state index contributed by atoms with van der Waals surface area (Å²) in [5, 5.41) is 12.3. The van der Waals surface area contributed by atoms with Crippen molar-refractivity contribution >= 4 is 5.91 Å². The number of hydrogen-bond donors (Lipinski definition) is 1. The highest BCUT2D eigenvalue weighted by Crippen LogP contribution is 2.13. The van der Waals surface area contributed by atoms with E-state index in [0.717, 1.165) is 0 Å². The number of nitrogens with one attached hydrogen (secondary N) is 1. The van der Waals surface area contributed by atoms with Crippen LogP contribution in [0.3, 0.4) is 0 Å². The fourth-order valence-corrected chi connectivity index (χ4v) is 1.33. The highest BCUT2D eigenvalue weighted by molar-refractivity contribution is 5.94. The first-order valence-corrected chi connectivity index (χ1v) is 5.14. The van der Waals surface area contributed by atoms with Crippen LogP contribution < -0.4 is 5.32 Å². The number of benzene rings is 1. The Hall–Kier alpha value is -2.45. The molecule has 0 saturated carbocycles. The normalized spacial score (nSPS) is 11.3. The van der Waals surface area contributed by atoms with E-state index in [1.54, 1.807) is 5.32 Å². The predicted octanol–water partition coefficient (Wildman–Crippen LogP) is 0.954. The zero-order valence-electron chi connectivity index (χ0n) is 9.42. The molecule has 0 fully saturated rings. The fourth-order valence-electron chi connectivity index (χ4n) is 1.33. The zero-order valence-corrected chi connectivity index (χ0v) is 9.42. The Morgan fingerprint density at radius 3 is 2.47 bits per heavy atom. The number of amides is 1. The van der Waals surface area contributed by atoms with Crippen LogP contribution in [0.5, 0.6) is 0 Å². The van der Waals surface area contributed by atoms with Gasteiger partial charge in [-0.05, 0) is 34.7 Å². The Balaban J connectivity index is 2.04. The maximum atomic E-state index is 11.9. The number of tetrazole rings is 1. The molecule has 100 valence electrons. The number of alkyl halides is 3. The highest BCUT2D eigenvalue weighted by Gasteiger charge is 2.27. The second kappa shape index (κ2) is 5.04. The molecule has 0 radical (unpaired) electrons. The molecular weight excluding hydrogens is 263 g/mol. The molecule has 0 aliphatic rings. The summed E-state index contributed by atoms with van der Waals surface area (Å²) in [5.74, 6) is -0.791. The fraction of sp³-hybridized carbons (Fsp3) is 0.200. The first kappa shape index (κ1) is 13.0. The van der Waals surface area contributed by atoms with Crippen LogP contribution in [-0.4, -0.2) is 38.8 Å². The Morgan fingerprint density at radius 1 is 1.26 bits per heavy atom. The van der Waals surface area contributed by atoms with Crippen LogP contribution in [0.1, 0.15) is 10.4 Å². The largest absolute Gasteiger partial charge is 0.405 e. The van der Waals surface area contributed by atoms with E-state index >= 15 is 0 Å². The molecule has 0 saturated heterocycles. The standard InChI is InChI=1S/C10H8F3N5O/c11-10(12,13)5-14-9(19)7-1-3-8(4-2-7)18-6-15-16-17-18/h1-4,6H,5H2,(H,14,19). The number of carbonyl (C=O) groups excluding carboxylic acids is 1. The first-order chi connectivity index (χ1) is 8.96. The number of hydrogen-bond acceptors (Lipinski definition) is 4. The van der Waals surface area contributed by atoms with Gasteiger partial charge in [-0.25, -0.2) is 4.68 Å². The Morgan fingerprint density at radius 2 is 1.95 bits per heavy atom. The van der Waals surface area contributed by atoms with Crippen molar-refractivity contribution in [3.8, 4) is 5.69 Å². The third-order valence-electron chi connectivity index (χ3n) is 2.19. The lowest BCUT2D eigenvalue weighted by molar-refractivity contribution is -0.123. The van der Waals surface area contributed by atoms with Crippen molar-refractivity contribution in [2.45, 2.75) is 6.18 Å². The molecule has 19 heavy (non-hydrogen) atoms. The topological polar surface area (TPSA) is 72.7 Å². The lowest BCUT2D eigenvalue weighted by Gasteiger charge is -2.08. The third kappa shape index (κ3) is 3.50. The van der Waals surface area contributed by atoms with Crippen molar-refractivity contribution in [1.82, 2.24) is 25.5 Å². The average Bonchev–Trinajstić information content (AvgIpc) is 2.89. The Bertz CT molecular complexity index is 550. The van der Waals surface area contributed by atoms with E-state index < -0.39 is 18.6 Å². The van der Waals surface area contributed by atoms with Crippen LogP contribution in [0.2, 0.25) is 0 Å². The molecule has 1 N–H and O–H groups in total. The molecule has 0 spiro atoms.